The summed E-state index contributed by atoms with van der Waals surface area (Å²) in [6.07, 6.45) is 5.47. The molecule has 3 aliphatic heterocycles. The third kappa shape index (κ3) is 5.76. The molecular weight excluding hydrogens is 406 g/mol. The average Bonchev–Trinajstić information content (AvgIpc) is 2.74. The largest absolute Gasteiger partial charge is 0.443 e. The first kappa shape index (κ1) is 24.2. The third-order valence-corrected chi connectivity index (χ3v) is 8.21. The van der Waals surface area contributed by atoms with E-state index in [-0.39, 0.29) is 24.3 Å². The lowest BCUT2D eigenvalue weighted by Gasteiger charge is -2.50. The highest BCUT2D eigenvalue weighted by atomic mass is 16.6. The summed E-state index contributed by atoms with van der Waals surface area (Å²) < 4.78 is 6.07. The van der Waals surface area contributed by atoms with E-state index in [1.165, 1.54) is 51.9 Å². The fourth-order valence-corrected chi connectivity index (χ4v) is 6.43. The topological polar surface area (TPSA) is 71.5 Å². The van der Waals surface area contributed by atoms with E-state index in [0.717, 1.165) is 13.0 Å². The van der Waals surface area contributed by atoms with Crippen LogP contribution in [0, 0.1) is 5.92 Å². The number of piperazine rings is 2. The molecule has 0 aromatic carbocycles. The van der Waals surface area contributed by atoms with Gasteiger partial charge in [-0.25, -0.2) is 4.79 Å². The van der Waals surface area contributed by atoms with E-state index in [9.17, 15) is 9.90 Å². The molecule has 184 valence electrons. The lowest BCUT2D eigenvalue weighted by molar-refractivity contribution is -0.0728. The standard InChI is InChI=1S/C24H45N5O3/c1-24(2,15-18-6-5-7-19(14-18)28-12-10-26(3)11-13-28)32-23(31)29-9-8-25-20(16-29)22-21(30)17-27(22)4/h18-22,25,30H,5-17H2,1-4H3. The Bertz CT molecular complexity index is 631. The lowest BCUT2D eigenvalue weighted by Crippen LogP contribution is -2.70. The summed E-state index contributed by atoms with van der Waals surface area (Å²) in [5.74, 6) is 0.616. The smallest absolute Gasteiger partial charge is 0.410 e. The molecule has 3 saturated heterocycles. The van der Waals surface area contributed by atoms with Gasteiger partial charge in [-0.15, -0.1) is 0 Å². The maximum absolute atomic E-state index is 13.0. The Morgan fingerprint density at radius 2 is 1.84 bits per heavy atom. The molecule has 1 saturated carbocycles. The number of aliphatic hydroxyl groups is 1. The highest BCUT2D eigenvalue weighted by Crippen LogP contribution is 2.35. The SMILES string of the molecule is CN1CCN(C2CCCC(CC(C)(C)OC(=O)N3CCNC(C4C(O)CN4C)C3)C2)CC1. The van der Waals surface area contributed by atoms with Gasteiger partial charge < -0.3 is 25.0 Å². The summed E-state index contributed by atoms with van der Waals surface area (Å²) in [4.78, 5) is 22.1. The van der Waals surface area contributed by atoms with Crippen molar-refractivity contribution in [2.75, 3.05) is 66.5 Å². The Labute approximate surface area is 194 Å². The van der Waals surface area contributed by atoms with Crippen LogP contribution in [-0.2, 0) is 4.74 Å². The minimum Gasteiger partial charge on any atom is -0.443 e. The second kappa shape index (κ2) is 10.1. The van der Waals surface area contributed by atoms with Crippen LogP contribution < -0.4 is 5.32 Å². The molecule has 5 unspecified atom stereocenters. The summed E-state index contributed by atoms with van der Waals surface area (Å²) in [7, 11) is 4.24. The van der Waals surface area contributed by atoms with Gasteiger partial charge in [-0.2, -0.15) is 0 Å². The summed E-state index contributed by atoms with van der Waals surface area (Å²) in [6.45, 7) is 11.6. The van der Waals surface area contributed by atoms with E-state index < -0.39 is 5.60 Å². The number of hydrogen-bond donors (Lipinski definition) is 2. The number of nitrogens with one attached hydrogen (secondary N) is 1. The Morgan fingerprint density at radius 1 is 1.09 bits per heavy atom. The Kier molecular flexibility index (Phi) is 7.67. The van der Waals surface area contributed by atoms with Gasteiger partial charge in [0.15, 0.2) is 0 Å². The van der Waals surface area contributed by atoms with Crippen molar-refractivity contribution in [3.63, 3.8) is 0 Å². The van der Waals surface area contributed by atoms with Gasteiger partial charge in [-0.05, 0) is 53.1 Å². The number of nitrogens with zero attached hydrogens (tertiary/aromatic N) is 4. The van der Waals surface area contributed by atoms with E-state index in [2.05, 4.69) is 40.9 Å². The number of carbonyl (C=O) groups excluding carboxylic acids is 1. The summed E-state index contributed by atoms with van der Waals surface area (Å²) in [5.41, 5.74) is -0.459. The second-order valence-electron chi connectivity index (χ2n) is 11.4. The maximum Gasteiger partial charge on any atom is 0.410 e. The first-order valence-corrected chi connectivity index (χ1v) is 12.7. The van der Waals surface area contributed by atoms with E-state index in [1.807, 2.05) is 11.9 Å². The van der Waals surface area contributed by atoms with Crippen LogP contribution in [0.4, 0.5) is 4.79 Å². The highest BCUT2D eigenvalue weighted by molar-refractivity contribution is 5.68. The van der Waals surface area contributed by atoms with Crippen LogP contribution >= 0.6 is 0 Å². The molecule has 4 aliphatic rings. The number of likely N-dealkylation sites (tertiary alicyclic amines) is 1. The molecule has 1 amide bonds. The molecule has 0 spiro atoms. The zero-order chi connectivity index (χ0) is 22.9. The molecule has 8 nitrogen and oxygen atoms in total. The number of likely N-dealkylation sites (N-methyl/N-ethyl adjacent to an activating group) is 2. The predicted octanol–water partition coefficient (Wildman–Crippen LogP) is 1.05. The normalized spacial score (nSPS) is 36.0. The van der Waals surface area contributed by atoms with Gasteiger partial charge in [-0.3, -0.25) is 9.80 Å². The van der Waals surface area contributed by atoms with E-state index in [0.29, 0.717) is 31.6 Å². The van der Waals surface area contributed by atoms with Gasteiger partial charge in [0.05, 0.1) is 12.1 Å². The van der Waals surface area contributed by atoms with Crippen LogP contribution in [0.15, 0.2) is 0 Å². The summed E-state index contributed by atoms with van der Waals surface area (Å²) >= 11 is 0. The average molecular weight is 452 g/mol. The van der Waals surface area contributed by atoms with Crippen LogP contribution in [0.25, 0.3) is 0 Å². The van der Waals surface area contributed by atoms with Crippen LogP contribution in [0.3, 0.4) is 0 Å². The highest BCUT2D eigenvalue weighted by Gasteiger charge is 2.43. The number of aliphatic hydroxyl groups excluding tert-OH is 1. The van der Waals surface area contributed by atoms with Crippen molar-refractivity contribution in [1.82, 2.24) is 24.9 Å². The predicted molar refractivity (Wildman–Crippen MR) is 126 cm³/mol. The number of rotatable bonds is 5. The van der Waals surface area contributed by atoms with Crippen LogP contribution in [0.2, 0.25) is 0 Å². The lowest BCUT2D eigenvalue weighted by atomic mass is 9.79. The fraction of sp³-hybridized carbons (Fsp3) is 0.958. The van der Waals surface area contributed by atoms with Crippen molar-refractivity contribution in [1.29, 1.82) is 0 Å². The van der Waals surface area contributed by atoms with Crippen molar-refractivity contribution >= 4 is 6.09 Å². The molecule has 4 rings (SSSR count). The third-order valence-electron chi connectivity index (χ3n) is 8.21. The monoisotopic (exact) mass is 451 g/mol. The number of hydrogen-bond acceptors (Lipinski definition) is 7. The zero-order valence-corrected chi connectivity index (χ0v) is 20.6. The molecular formula is C24H45N5O3. The van der Waals surface area contributed by atoms with Crippen molar-refractivity contribution in [3.05, 3.63) is 0 Å². The quantitative estimate of drug-likeness (QED) is 0.647. The van der Waals surface area contributed by atoms with Crippen molar-refractivity contribution in [2.45, 2.75) is 75.8 Å². The van der Waals surface area contributed by atoms with Gasteiger partial charge in [-0.1, -0.05) is 12.8 Å². The Balaban J connectivity index is 1.26. The molecule has 0 aromatic rings. The maximum atomic E-state index is 13.0. The van der Waals surface area contributed by atoms with E-state index in [4.69, 9.17) is 4.74 Å². The van der Waals surface area contributed by atoms with Crippen LogP contribution in [0.1, 0.15) is 46.0 Å². The minimum atomic E-state index is -0.459. The number of amides is 1. The first-order valence-electron chi connectivity index (χ1n) is 12.7. The number of carbonyl (C=O) groups is 1. The molecule has 4 fully saturated rings. The number of ether oxygens (including phenoxy) is 1. The van der Waals surface area contributed by atoms with Crippen molar-refractivity contribution in [2.24, 2.45) is 5.92 Å². The van der Waals surface area contributed by atoms with Crippen LogP contribution in [0.5, 0.6) is 0 Å². The van der Waals surface area contributed by atoms with Crippen molar-refractivity contribution < 1.29 is 14.6 Å². The summed E-state index contributed by atoms with van der Waals surface area (Å²) in [6, 6.07) is 0.858. The molecule has 32 heavy (non-hydrogen) atoms. The fourth-order valence-electron chi connectivity index (χ4n) is 6.43. The molecule has 3 heterocycles. The van der Waals surface area contributed by atoms with E-state index >= 15 is 0 Å². The first-order chi connectivity index (χ1) is 15.2. The summed E-state index contributed by atoms with van der Waals surface area (Å²) in [5, 5.41) is 13.6. The Morgan fingerprint density at radius 3 is 2.53 bits per heavy atom. The molecule has 8 heteroatoms. The molecule has 0 aromatic heterocycles. The minimum absolute atomic E-state index is 0.0763. The zero-order valence-electron chi connectivity index (χ0n) is 20.6. The van der Waals surface area contributed by atoms with E-state index in [1.54, 1.807) is 0 Å². The Hall–Kier alpha value is -0.930. The van der Waals surface area contributed by atoms with Gasteiger partial charge in [0.25, 0.3) is 0 Å². The molecule has 0 radical (unpaired) electrons. The number of β-amino-alcohol motifs (C(OH)–C–C–N with tert-alkyl or cyclic N) is 1. The van der Waals surface area contributed by atoms with Crippen LogP contribution in [-0.4, -0.2) is 127 Å². The molecule has 5 atom stereocenters. The van der Waals surface area contributed by atoms with Gasteiger partial charge in [0, 0.05) is 64.4 Å². The second-order valence-corrected chi connectivity index (χ2v) is 11.4. The molecule has 1 aliphatic carbocycles. The van der Waals surface area contributed by atoms with Gasteiger partial charge in [0.1, 0.15) is 5.60 Å². The molecule has 2 N–H and O–H groups in total. The molecule has 0 bridgehead atoms. The van der Waals surface area contributed by atoms with Crippen molar-refractivity contribution in [3.8, 4) is 0 Å². The van der Waals surface area contributed by atoms with Gasteiger partial charge in [0.2, 0.25) is 0 Å². The van der Waals surface area contributed by atoms with Gasteiger partial charge >= 0.3 is 6.09 Å².